The second kappa shape index (κ2) is 6.34. The summed E-state index contributed by atoms with van der Waals surface area (Å²) in [6.07, 6.45) is -4.15. The van der Waals surface area contributed by atoms with E-state index in [1.165, 1.54) is 6.07 Å². The fraction of sp³-hybridized carbons (Fsp3) is 0.350. The Kier molecular flexibility index (Phi) is 4.46. The van der Waals surface area contributed by atoms with Gasteiger partial charge in [0.1, 0.15) is 6.10 Å². The number of fused-ring (bicyclic) bond motifs is 1. The molecule has 0 aliphatic heterocycles. The number of aryl methyl sites for hydroxylation is 1. The first kappa shape index (κ1) is 18.3. The molecule has 26 heavy (non-hydrogen) atoms. The Bertz CT molecular complexity index is 843. The zero-order valence-electron chi connectivity index (χ0n) is 14.6. The summed E-state index contributed by atoms with van der Waals surface area (Å²) in [5.41, 5.74) is 7.29. The number of amides is 1. The highest BCUT2D eigenvalue weighted by Gasteiger charge is 2.38. The zero-order valence-corrected chi connectivity index (χ0v) is 14.6. The Balaban J connectivity index is 2.01. The van der Waals surface area contributed by atoms with Crippen molar-refractivity contribution in [3.63, 3.8) is 0 Å². The van der Waals surface area contributed by atoms with E-state index in [9.17, 15) is 18.0 Å². The Morgan fingerprint density at radius 2 is 1.85 bits per heavy atom. The number of carbonyl (C=O) groups is 1. The minimum absolute atomic E-state index is 0.264. The first-order chi connectivity index (χ1) is 12.1. The maximum absolute atomic E-state index is 13.0. The van der Waals surface area contributed by atoms with Crippen molar-refractivity contribution < 1.29 is 22.7 Å². The molecule has 0 spiro atoms. The first-order valence-electron chi connectivity index (χ1n) is 8.34. The quantitative estimate of drug-likeness (QED) is 0.768. The number of carbonyl (C=O) groups excluding carboxylic acids is 1. The second-order valence-corrected chi connectivity index (χ2v) is 7.30. The monoisotopic (exact) mass is 363 g/mol. The molecule has 1 unspecified atom stereocenters. The maximum Gasteiger partial charge on any atom is 0.416 e. The minimum atomic E-state index is -4.38. The predicted molar refractivity (Wildman–Crippen MR) is 92.4 cm³/mol. The molecule has 2 aromatic carbocycles. The van der Waals surface area contributed by atoms with E-state index in [1.807, 2.05) is 26.0 Å². The lowest BCUT2D eigenvalue weighted by Crippen LogP contribution is -2.33. The fourth-order valence-corrected chi connectivity index (χ4v) is 3.48. The summed E-state index contributed by atoms with van der Waals surface area (Å²) >= 11 is 0. The number of hydrogen-bond acceptors (Lipinski definition) is 2. The topological polar surface area (TPSA) is 52.3 Å². The lowest BCUT2D eigenvalue weighted by Gasteiger charge is -2.39. The van der Waals surface area contributed by atoms with Gasteiger partial charge in [0.05, 0.1) is 5.56 Å². The Labute approximate surface area is 150 Å². The number of hydrogen-bond donors (Lipinski definition) is 1. The second-order valence-electron chi connectivity index (χ2n) is 7.30. The Morgan fingerprint density at radius 1 is 1.15 bits per heavy atom. The van der Waals surface area contributed by atoms with Crippen molar-refractivity contribution in [1.82, 2.24) is 0 Å². The summed E-state index contributed by atoms with van der Waals surface area (Å²) in [6.45, 7) is 4.01. The standard InChI is InChI=1S/C20H20F3NO2/c1-19(2)9-8-14-10-13(6-7-16(14)17(19)26-18(24)25)12-4-3-5-15(11-12)20(21,22)23/h3-7,10-11,17H,8-9H2,1-2H3,(H2,24,25). The molecule has 0 heterocycles. The van der Waals surface area contributed by atoms with Gasteiger partial charge in [0.25, 0.3) is 0 Å². The molecule has 0 aromatic heterocycles. The van der Waals surface area contributed by atoms with Crippen molar-refractivity contribution in [3.05, 3.63) is 59.2 Å². The van der Waals surface area contributed by atoms with Gasteiger partial charge < -0.3 is 10.5 Å². The summed E-state index contributed by atoms with van der Waals surface area (Å²) in [6, 6.07) is 10.7. The van der Waals surface area contributed by atoms with Gasteiger partial charge in [-0.25, -0.2) is 4.79 Å². The van der Waals surface area contributed by atoms with E-state index in [2.05, 4.69) is 0 Å². The number of alkyl halides is 3. The van der Waals surface area contributed by atoms with Crippen LogP contribution in [0.3, 0.4) is 0 Å². The van der Waals surface area contributed by atoms with Crippen LogP contribution in [0.1, 0.15) is 43.1 Å². The summed E-state index contributed by atoms with van der Waals surface area (Å²) < 4.78 is 44.2. The van der Waals surface area contributed by atoms with Crippen molar-refractivity contribution in [2.75, 3.05) is 0 Å². The Morgan fingerprint density at radius 3 is 2.50 bits per heavy atom. The molecule has 0 radical (unpaired) electrons. The van der Waals surface area contributed by atoms with Gasteiger partial charge in [0, 0.05) is 5.41 Å². The minimum Gasteiger partial charge on any atom is -0.441 e. The van der Waals surface area contributed by atoms with Crippen LogP contribution in [0.25, 0.3) is 11.1 Å². The SMILES string of the molecule is CC1(C)CCc2cc(-c3cccc(C(F)(F)F)c3)ccc2C1OC(N)=O. The lowest BCUT2D eigenvalue weighted by atomic mass is 9.71. The molecule has 2 aromatic rings. The molecule has 3 nitrogen and oxygen atoms in total. The molecule has 2 N–H and O–H groups in total. The first-order valence-corrected chi connectivity index (χ1v) is 8.34. The number of halogens is 3. The third-order valence-electron chi connectivity index (χ3n) is 4.93. The van der Waals surface area contributed by atoms with Crippen molar-refractivity contribution in [3.8, 4) is 11.1 Å². The van der Waals surface area contributed by atoms with E-state index in [4.69, 9.17) is 10.5 Å². The van der Waals surface area contributed by atoms with Crippen LogP contribution in [0.2, 0.25) is 0 Å². The van der Waals surface area contributed by atoms with Crippen molar-refractivity contribution in [2.45, 2.75) is 39.0 Å². The van der Waals surface area contributed by atoms with Gasteiger partial charge in [0.2, 0.25) is 0 Å². The highest BCUT2D eigenvalue weighted by atomic mass is 19.4. The van der Waals surface area contributed by atoms with Gasteiger partial charge in [-0.2, -0.15) is 13.2 Å². The van der Waals surface area contributed by atoms with E-state index in [-0.39, 0.29) is 5.41 Å². The van der Waals surface area contributed by atoms with Crippen molar-refractivity contribution in [1.29, 1.82) is 0 Å². The predicted octanol–water partition coefficient (Wildman–Crippen LogP) is 5.48. The van der Waals surface area contributed by atoms with Crippen LogP contribution in [-0.2, 0) is 17.3 Å². The van der Waals surface area contributed by atoms with Crippen LogP contribution in [0.15, 0.2) is 42.5 Å². The number of primary amides is 1. The molecule has 1 aliphatic carbocycles. The van der Waals surface area contributed by atoms with E-state index in [0.29, 0.717) is 11.1 Å². The maximum atomic E-state index is 13.0. The Hall–Kier alpha value is -2.50. The number of benzene rings is 2. The van der Waals surface area contributed by atoms with E-state index in [1.54, 1.807) is 12.1 Å². The van der Waals surface area contributed by atoms with Crippen molar-refractivity contribution in [2.24, 2.45) is 11.1 Å². The summed E-state index contributed by atoms with van der Waals surface area (Å²) in [7, 11) is 0. The lowest BCUT2D eigenvalue weighted by molar-refractivity contribution is -0.137. The molecule has 3 rings (SSSR count). The number of ether oxygens (including phenoxy) is 1. The molecule has 0 fully saturated rings. The zero-order chi connectivity index (χ0) is 19.1. The van der Waals surface area contributed by atoms with Crippen molar-refractivity contribution >= 4 is 6.09 Å². The molecule has 1 aliphatic rings. The van der Waals surface area contributed by atoms with E-state index < -0.39 is 23.9 Å². The number of nitrogens with two attached hydrogens (primary N) is 1. The third kappa shape index (κ3) is 3.54. The molecule has 6 heteroatoms. The molecule has 138 valence electrons. The summed E-state index contributed by atoms with van der Waals surface area (Å²) in [5.74, 6) is 0. The number of rotatable bonds is 2. The normalized spacial score (nSPS) is 18.9. The summed E-state index contributed by atoms with van der Waals surface area (Å²) in [5, 5.41) is 0. The van der Waals surface area contributed by atoms with Crippen LogP contribution >= 0.6 is 0 Å². The average molecular weight is 363 g/mol. The molecule has 0 saturated carbocycles. The van der Waals surface area contributed by atoms with Gasteiger partial charge in [-0.1, -0.05) is 44.2 Å². The third-order valence-corrected chi connectivity index (χ3v) is 4.93. The van der Waals surface area contributed by atoms with Gasteiger partial charge in [-0.05, 0) is 47.2 Å². The molecule has 1 amide bonds. The highest BCUT2D eigenvalue weighted by Crippen LogP contribution is 2.46. The van der Waals surface area contributed by atoms with Crippen LogP contribution in [0, 0.1) is 5.41 Å². The molecular formula is C20H20F3NO2. The van der Waals surface area contributed by atoms with Gasteiger partial charge in [0.15, 0.2) is 0 Å². The highest BCUT2D eigenvalue weighted by molar-refractivity contribution is 5.67. The largest absolute Gasteiger partial charge is 0.441 e. The van der Waals surface area contributed by atoms with Crippen LogP contribution in [0.4, 0.5) is 18.0 Å². The van der Waals surface area contributed by atoms with Crippen LogP contribution in [-0.4, -0.2) is 6.09 Å². The fourth-order valence-electron chi connectivity index (χ4n) is 3.48. The molecule has 0 saturated heterocycles. The van der Waals surface area contributed by atoms with E-state index >= 15 is 0 Å². The van der Waals surface area contributed by atoms with Crippen LogP contribution in [0.5, 0.6) is 0 Å². The molecule has 0 bridgehead atoms. The average Bonchev–Trinajstić information content (AvgIpc) is 2.56. The van der Waals surface area contributed by atoms with E-state index in [0.717, 1.165) is 36.1 Å². The van der Waals surface area contributed by atoms with Gasteiger partial charge >= 0.3 is 12.3 Å². The smallest absolute Gasteiger partial charge is 0.416 e. The summed E-state index contributed by atoms with van der Waals surface area (Å²) in [4.78, 5) is 11.3. The van der Waals surface area contributed by atoms with Gasteiger partial charge in [-0.15, -0.1) is 0 Å². The molecule has 1 atom stereocenters. The molecular weight excluding hydrogens is 343 g/mol. The van der Waals surface area contributed by atoms with Crippen LogP contribution < -0.4 is 5.73 Å². The van der Waals surface area contributed by atoms with Gasteiger partial charge in [-0.3, -0.25) is 0 Å².